The molecule has 136 heavy (non-hydrogen) atoms. The van der Waals surface area contributed by atoms with Gasteiger partial charge in [-0.2, -0.15) is 0 Å². The Balaban J connectivity index is 0.000000519. The average Bonchev–Trinajstić information content (AvgIpc) is 0.955. The Kier molecular flexibility index (Phi) is 63.1. The lowest BCUT2D eigenvalue weighted by atomic mass is 10.0. The number of rotatable bonds is 40. The maximum absolute atomic E-state index is 11.7. The van der Waals surface area contributed by atoms with E-state index in [1.54, 1.807) is 55.6 Å². The Morgan fingerprint density at radius 1 is 0.250 bits per heavy atom. The van der Waals surface area contributed by atoms with E-state index in [9.17, 15) is 43.2 Å². The fourth-order valence-corrected chi connectivity index (χ4v) is 10.4. The van der Waals surface area contributed by atoms with Crippen molar-refractivity contribution < 1.29 is 146 Å². The molecule has 0 aromatic heterocycles. The number of ether oxygens (including phenoxy) is 12. The molecule has 0 aliphatic rings. The van der Waals surface area contributed by atoms with Crippen LogP contribution in [0.5, 0.6) is 51.7 Å². The van der Waals surface area contributed by atoms with Gasteiger partial charge in [-0.1, -0.05) is 143 Å². The van der Waals surface area contributed by atoms with E-state index in [-0.39, 0.29) is 101 Å². The molecule has 0 bridgehead atoms. The smallest absolute Gasteiger partial charge is 0.338 e. The Labute approximate surface area is 796 Å². The summed E-state index contributed by atoms with van der Waals surface area (Å²) in [7, 11) is 4.44. The molecular weight excluding hydrogens is 1750 g/mol. The zero-order valence-corrected chi connectivity index (χ0v) is 79.1. The summed E-state index contributed by atoms with van der Waals surface area (Å²) in [5, 5.41) is 81.3. The monoisotopic (exact) mass is 1880 g/mol. The van der Waals surface area contributed by atoms with Crippen LogP contribution in [0.3, 0.4) is 0 Å². The summed E-state index contributed by atoms with van der Waals surface area (Å²) in [6.45, 7) is 19.1. The molecule has 0 aliphatic carbocycles. The molecule has 0 saturated carbocycles. The fourth-order valence-electron chi connectivity index (χ4n) is 10.4. The molecule has 10 rings (SSSR count). The van der Waals surface area contributed by atoms with E-state index in [0.29, 0.717) is 121 Å². The van der Waals surface area contributed by atoms with Crippen LogP contribution >= 0.6 is 0 Å². The number of phenols is 9. The van der Waals surface area contributed by atoms with Crippen molar-refractivity contribution in [1.29, 1.82) is 0 Å². The van der Waals surface area contributed by atoms with E-state index in [2.05, 4.69) is 25.5 Å². The third-order valence-electron chi connectivity index (χ3n) is 18.2. The van der Waals surface area contributed by atoms with E-state index in [1.165, 1.54) is 216 Å². The Hall–Kier alpha value is -14.5. The second-order valence-corrected chi connectivity index (χ2v) is 29.9. The average molecular weight is 1890 g/mol. The van der Waals surface area contributed by atoms with Gasteiger partial charge < -0.3 is 103 Å². The summed E-state index contributed by atoms with van der Waals surface area (Å²) in [4.78, 5) is 102. The lowest BCUT2D eigenvalue weighted by molar-refractivity contribution is 0.0213. The number of benzene rings is 10. The predicted octanol–water partition coefficient (Wildman–Crippen LogP) is 20.5. The second kappa shape index (κ2) is 73.0. The zero-order chi connectivity index (χ0) is 100. The molecule has 30 heteroatoms. The Morgan fingerprint density at radius 2 is 0.537 bits per heavy atom. The molecule has 736 valence electrons. The fraction of sp³-hybridized carbons (Fsp3) is 0.349. The van der Waals surface area contributed by atoms with Gasteiger partial charge in [0.2, 0.25) is 0 Å². The molecule has 10 aromatic rings. The highest BCUT2D eigenvalue weighted by molar-refractivity contribution is 5.93. The SMILES string of the molecule is CC(C)COC(=O)c1ccc(O)cc1.CCCCC(CC)COC(=O)c1ccc(O)cc1.CCCCCCCOC(=O)c1ccc(O)cc1.CCCCOC(=O)c1ccc(O)cc1.CCCCOC(=O)c1cccc(O)c1.COC(=O)c1ccc(O)cc1.COCCOC(=O)c1ccc(O)cc1.COCCOCCOC(=O)c1ccc(O)cc1.O=C(OCc1ccccc1)c1ccc(O)cc1. The van der Waals surface area contributed by atoms with Crippen LogP contribution in [-0.2, 0) is 63.4 Å². The first-order chi connectivity index (χ1) is 65.4. The molecule has 30 nitrogen and oxygen atoms in total. The van der Waals surface area contributed by atoms with Crippen molar-refractivity contribution in [2.24, 2.45) is 11.8 Å². The topological polar surface area (TPSA) is 446 Å². The zero-order valence-electron chi connectivity index (χ0n) is 79.1. The van der Waals surface area contributed by atoms with Crippen LogP contribution in [0.1, 0.15) is 231 Å². The molecule has 0 heterocycles. The first-order valence-electron chi connectivity index (χ1n) is 44.6. The van der Waals surface area contributed by atoms with Crippen LogP contribution in [0.25, 0.3) is 0 Å². The van der Waals surface area contributed by atoms with Crippen molar-refractivity contribution in [3.8, 4) is 51.7 Å². The quantitative estimate of drug-likeness (QED) is 0.00978. The molecule has 10 aromatic carbocycles. The number of phenolic OH excluding ortho intramolecular Hbond substituents is 9. The number of hydrogen-bond acceptors (Lipinski definition) is 30. The van der Waals surface area contributed by atoms with Crippen LogP contribution in [-0.4, -0.2) is 194 Å². The number of methoxy groups -OCH3 is 3. The second-order valence-electron chi connectivity index (χ2n) is 29.9. The van der Waals surface area contributed by atoms with Crippen LogP contribution in [0, 0.1) is 11.8 Å². The lowest BCUT2D eigenvalue weighted by Crippen LogP contribution is -2.13. The van der Waals surface area contributed by atoms with Gasteiger partial charge in [0, 0.05) is 14.2 Å². The van der Waals surface area contributed by atoms with Gasteiger partial charge in [-0.3, -0.25) is 0 Å². The van der Waals surface area contributed by atoms with Crippen molar-refractivity contribution >= 4 is 53.7 Å². The van der Waals surface area contributed by atoms with Gasteiger partial charge in [0.25, 0.3) is 0 Å². The Morgan fingerprint density at radius 3 is 0.860 bits per heavy atom. The summed E-state index contributed by atoms with van der Waals surface area (Å²) in [6.07, 6.45) is 13.9. The van der Waals surface area contributed by atoms with E-state index in [0.717, 1.165) is 56.9 Å². The summed E-state index contributed by atoms with van der Waals surface area (Å²) in [5.74, 6) is -1.37. The highest BCUT2D eigenvalue weighted by atomic mass is 16.6. The maximum atomic E-state index is 11.7. The normalized spacial score (nSPS) is 10.2. The number of esters is 9. The van der Waals surface area contributed by atoms with E-state index in [4.69, 9.17) is 98.1 Å². The molecule has 0 saturated heterocycles. The molecule has 1 unspecified atom stereocenters. The summed E-state index contributed by atoms with van der Waals surface area (Å²) < 4.78 is 59.5. The summed E-state index contributed by atoms with van der Waals surface area (Å²) in [5.41, 5.74) is 4.92. The molecule has 1 atom stereocenters. The van der Waals surface area contributed by atoms with Crippen molar-refractivity contribution in [1.82, 2.24) is 0 Å². The van der Waals surface area contributed by atoms with Crippen molar-refractivity contribution in [3.63, 3.8) is 0 Å². The van der Waals surface area contributed by atoms with Crippen LogP contribution in [0.4, 0.5) is 0 Å². The van der Waals surface area contributed by atoms with Gasteiger partial charge in [0.1, 0.15) is 71.6 Å². The van der Waals surface area contributed by atoms with Crippen LogP contribution in [0.2, 0.25) is 0 Å². The molecule has 0 amide bonds. The third-order valence-corrected chi connectivity index (χ3v) is 18.2. The van der Waals surface area contributed by atoms with E-state index >= 15 is 0 Å². The van der Waals surface area contributed by atoms with Crippen molar-refractivity contribution in [2.75, 3.05) is 94.0 Å². The van der Waals surface area contributed by atoms with E-state index in [1.807, 2.05) is 58.0 Å². The maximum Gasteiger partial charge on any atom is 0.338 e. The number of carbonyl (C=O) groups excluding carboxylic acids is 9. The largest absolute Gasteiger partial charge is 0.508 e. The minimum absolute atomic E-state index is 0.0786. The highest BCUT2D eigenvalue weighted by Crippen LogP contribution is 2.21. The van der Waals surface area contributed by atoms with Crippen LogP contribution < -0.4 is 0 Å². The summed E-state index contributed by atoms with van der Waals surface area (Å²) in [6, 6.07) is 63.5. The molecule has 0 fully saturated rings. The molecule has 0 radical (unpaired) electrons. The molecular formula is C106H132O30. The standard InChI is InChI=1S/C15H22O3.C14H12O3.C14H20O3.C12H16O5.3C11H14O3.C10H12O4.C8H8O3/c1-3-5-6-12(4-2)11-18-15(17)13-7-9-14(16)10-8-13;15-13-8-6-12(7-9-13)14(16)17-10-11-4-2-1-3-5-11;1-2-3-4-5-6-11-17-14(16)12-7-9-13(15)10-8-12;1-15-6-7-16-8-9-17-12(14)10-2-4-11(13)5-3-10;1-8(2)7-14-11(13)9-3-5-10(12)6-4-9;1-2-3-8-14-11(13)9-4-6-10(12)7-5-9;1-2-3-7-14-11(13)9-5-4-6-10(12)8-9;1-13-6-7-14-10(12)8-2-4-9(11)5-3-8;1-11-8(10)6-2-4-7(9)5-3-6/h7-10,12,16H,3-6,11H2,1-2H3;1-9,15H,10H2;7-10,15H,2-6,11H2,1H3;2-5,13H,6-9H2,1H3;3-6,8,12H,7H2,1-2H3;4-7,12H,2-3,8H2,1H3;4-6,8,12H,2-3,7H2,1H3;2-5,11H,6-7H2,1H3;2-5,9H,1H3. The number of unbranched alkanes of at least 4 members (excludes halogenated alkanes) is 7. The van der Waals surface area contributed by atoms with Gasteiger partial charge in [0.05, 0.1) is 117 Å². The molecule has 9 N–H and O–H groups in total. The number of carbonyl (C=O) groups is 9. The van der Waals surface area contributed by atoms with Gasteiger partial charge in [-0.15, -0.1) is 0 Å². The highest BCUT2D eigenvalue weighted by Gasteiger charge is 2.16. The molecule has 0 aliphatic heterocycles. The third kappa shape index (κ3) is 55.8. The van der Waals surface area contributed by atoms with Gasteiger partial charge in [0.15, 0.2) is 0 Å². The number of aromatic hydroxyl groups is 9. The predicted molar refractivity (Wildman–Crippen MR) is 513 cm³/mol. The lowest BCUT2D eigenvalue weighted by Gasteiger charge is -2.14. The first-order valence-corrected chi connectivity index (χ1v) is 44.6. The van der Waals surface area contributed by atoms with Crippen molar-refractivity contribution in [3.05, 3.63) is 304 Å². The number of hydrogen-bond donors (Lipinski definition) is 9. The van der Waals surface area contributed by atoms with Gasteiger partial charge >= 0.3 is 53.7 Å². The first kappa shape index (κ1) is 118. The van der Waals surface area contributed by atoms with Crippen LogP contribution in [0.15, 0.2) is 249 Å². The summed E-state index contributed by atoms with van der Waals surface area (Å²) >= 11 is 0. The molecule has 0 spiro atoms. The van der Waals surface area contributed by atoms with Gasteiger partial charge in [-0.05, 0) is 255 Å². The van der Waals surface area contributed by atoms with Gasteiger partial charge in [-0.25, -0.2) is 43.2 Å². The van der Waals surface area contributed by atoms with E-state index < -0.39 is 23.9 Å². The minimum atomic E-state index is -0.430. The minimum Gasteiger partial charge on any atom is -0.508 e. The van der Waals surface area contributed by atoms with Crippen molar-refractivity contribution in [2.45, 2.75) is 139 Å². The Bertz CT molecular complexity index is 4780.